The molecular formula is C30H48Br3N3O3. The summed E-state index contributed by atoms with van der Waals surface area (Å²) in [6.45, 7) is 11.3. The molecule has 0 saturated carbocycles. The molecule has 1 fully saturated rings. The van der Waals surface area contributed by atoms with Crippen molar-refractivity contribution in [3.05, 3.63) is 53.1 Å². The molecule has 0 aromatic heterocycles. The third kappa shape index (κ3) is 10.8. The zero-order valence-electron chi connectivity index (χ0n) is 23.3. The first-order valence-electron chi connectivity index (χ1n) is 14.0. The topological polar surface area (TPSA) is 70.4 Å². The van der Waals surface area contributed by atoms with Crippen LogP contribution in [0.1, 0.15) is 62.1 Å². The number of phenolic OH excluding ortho intramolecular Hbond substituents is 3. The van der Waals surface area contributed by atoms with Crippen LogP contribution in [0.25, 0.3) is 0 Å². The fourth-order valence-electron chi connectivity index (χ4n) is 5.91. The zero-order valence-corrected chi connectivity index (χ0v) is 28.4. The number of phenols is 3. The normalized spacial score (nSPS) is 17.5. The summed E-state index contributed by atoms with van der Waals surface area (Å²) in [7, 11) is 0. The van der Waals surface area contributed by atoms with Gasteiger partial charge in [-0.3, -0.25) is 4.90 Å². The van der Waals surface area contributed by atoms with Crippen LogP contribution in [-0.2, 0) is 19.4 Å². The van der Waals surface area contributed by atoms with Crippen LogP contribution in [0.3, 0.4) is 0 Å². The van der Waals surface area contributed by atoms with Gasteiger partial charge in [0.2, 0.25) is 0 Å². The monoisotopic (exact) mass is 735 g/mol. The highest BCUT2D eigenvalue weighted by atomic mass is 79.9. The van der Waals surface area contributed by atoms with E-state index in [1.54, 1.807) is 18.2 Å². The smallest absolute Gasteiger partial charge is 0.160 e. The van der Waals surface area contributed by atoms with Crippen molar-refractivity contribution in [3.63, 3.8) is 0 Å². The van der Waals surface area contributed by atoms with Crippen LogP contribution in [0.5, 0.6) is 17.2 Å². The molecule has 1 aliphatic heterocycles. The van der Waals surface area contributed by atoms with Crippen LogP contribution in [0, 0.1) is 0 Å². The van der Waals surface area contributed by atoms with Crippen molar-refractivity contribution in [1.82, 2.24) is 14.7 Å². The van der Waals surface area contributed by atoms with Crippen molar-refractivity contribution in [2.75, 3.05) is 45.8 Å². The maximum Gasteiger partial charge on any atom is 0.160 e. The first-order valence-corrected chi connectivity index (χ1v) is 14.0. The van der Waals surface area contributed by atoms with Crippen molar-refractivity contribution in [2.45, 2.75) is 70.9 Å². The Kier molecular flexibility index (Phi) is 17.2. The van der Waals surface area contributed by atoms with E-state index in [-0.39, 0.29) is 62.4 Å². The number of unbranched alkanes of at least 4 members (excludes halogenated alkanes) is 3. The standard InChI is InChI=1S/C30H45N3O3.3BrH/c1-2-15-33(26-10-13-28-25(22-26)9-14-29(35)30(28)36)17-6-4-3-5-16-31-18-20-32(21-19-31)23-24-7-11-27(34)12-8-24;;;/h7-9,11-12,14,26,34-36H,2-6,10,13,15-23H2,1H3;3*1H. The summed E-state index contributed by atoms with van der Waals surface area (Å²) in [6.07, 6.45) is 9.18. The fraction of sp³-hybridized carbons (Fsp3) is 0.600. The Morgan fingerprint density at radius 1 is 0.795 bits per heavy atom. The summed E-state index contributed by atoms with van der Waals surface area (Å²) in [4.78, 5) is 7.79. The molecule has 39 heavy (non-hydrogen) atoms. The van der Waals surface area contributed by atoms with Crippen LogP contribution < -0.4 is 0 Å². The SMILES string of the molecule is Br.Br.Br.CCCN(CCCCCCN1CCN(Cc2ccc(O)cc2)CC1)C1CCc2c(ccc(O)c2O)C1. The van der Waals surface area contributed by atoms with Gasteiger partial charge in [0, 0.05) is 44.3 Å². The van der Waals surface area contributed by atoms with Crippen molar-refractivity contribution >= 4 is 50.9 Å². The molecule has 1 atom stereocenters. The molecule has 9 heteroatoms. The quantitative estimate of drug-likeness (QED) is 0.171. The first kappa shape index (κ1) is 36.2. The van der Waals surface area contributed by atoms with E-state index in [0.717, 1.165) is 70.6 Å². The summed E-state index contributed by atoms with van der Waals surface area (Å²) in [5.41, 5.74) is 3.42. The molecule has 0 amide bonds. The number of aromatic hydroxyl groups is 3. The average molecular weight is 738 g/mol. The van der Waals surface area contributed by atoms with Gasteiger partial charge in [0.25, 0.3) is 0 Å². The van der Waals surface area contributed by atoms with E-state index in [4.69, 9.17) is 0 Å². The van der Waals surface area contributed by atoms with Gasteiger partial charge in [0.1, 0.15) is 5.75 Å². The molecule has 4 rings (SSSR count). The lowest BCUT2D eigenvalue weighted by molar-refractivity contribution is 0.125. The van der Waals surface area contributed by atoms with E-state index >= 15 is 0 Å². The van der Waals surface area contributed by atoms with Gasteiger partial charge in [0.15, 0.2) is 11.5 Å². The van der Waals surface area contributed by atoms with Gasteiger partial charge in [-0.15, -0.1) is 50.9 Å². The Labute approximate surface area is 266 Å². The minimum Gasteiger partial charge on any atom is -0.508 e. The molecule has 1 aliphatic carbocycles. The molecule has 0 spiro atoms. The van der Waals surface area contributed by atoms with E-state index in [1.165, 1.54) is 49.8 Å². The van der Waals surface area contributed by atoms with Crippen LogP contribution in [0.4, 0.5) is 0 Å². The van der Waals surface area contributed by atoms with E-state index < -0.39 is 0 Å². The van der Waals surface area contributed by atoms with E-state index in [0.29, 0.717) is 11.8 Å². The second kappa shape index (κ2) is 18.6. The van der Waals surface area contributed by atoms with Gasteiger partial charge in [0.05, 0.1) is 0 Å². The minimum absolute atomic E-state index is 0. The maximum absolute atomic E-state index is 10.2. The number of fused-ring (bicyclic) bond motifs is 1. The highest BCUT2D eigenvalue weighted by molar-refractivity contribution is 8.93. The summed E-state index contributed by atoms with van der Waals surface area (Å²) in [6, 6.07) is 11.8. The molecule has 3 N–H and O–H groups in total. The van der Waals surface area contributed by atoms with Gasteiger partial charge < -0.3 is 25.1 Å². The van der Waals surface area contributed by atoms with Crippen molar-refractivity contribution < 1.29 is 15.3 Å². The molecule has 6 nitrogen and oxygen atoms in total. The van der Waals surface area contributed by atoms with E-state index in [9.17, 15) is 15.3 Å². The second-order valence-electron chi connectivity index (χ2n) is 10.7. The van der Waals surface area contributed by atoms with Crippen LogP contribution in [0.2, 0.25) is 0 Å². The van der Waals surface area contributed by atoms with Crippen LogP contribution in [0.15, 0.2) is 36.4 Å². The molecule has 2 aliphatic rings. The number of hydrogen-bond acceptors (Lipinski definition) is 6. The van der Waals surface area contributed by atoms with Gasteiger partial charge in [-0.25, -0.2) is 0 Å². The molecular weight excluding hydrogens is 690 g/mol. The Bertz CT molecular complexity index is 956. The highest BCUT2D eigenvalue weighted by Crippen LogP contribution is 2.36. The van der Waals surface area contributed by atoms with Gasteiger partial charge in [-0.05, 0) is 87.5 Å². The first-order chi connectivity index (χ1) is 17.5. The summed E-state index contributed by atoms with van der Waals surface area (Å²) < 4.78 is 0. The molecule has 1 unspecified atom stereocenters. The molecule has 222 valence electrons. The van der Waals surface area contributed by atoms with E-state index in [2.05, 4.69) is 21.6 Å². The largest absolute Gasteiger partial charge is 0.508 e. The second-order valence-corrected chi connectivity index (χ2v) is 10.7. The molecule has 0 bridgehead atoms. The number of hydrogen-bond donors (Lipinski definition) is 3. The Morgan fingerprint density at radius 3 is 2.15 bits per heavy atom. The zero-order chi connectivity index (χ0) is 25.3. The van der Waals surface area contributed by atoms with Gasteiger partial charge in [-0.2, -0.15) is 0 Å². The minimum atomic E-state index is 0. The van der Waals surface area contributed by atoms with Gasteiger partial charge >= 0.3 is 0 Å². The van der Waals surface area contributed by atoms with Crippen LogP contribution in [-0.4, -0.2) is 81.9 Å². The van der Waals surface area contributed by atoms with Crippen molar-refractivity contribution in [1.29, 1.82) is 0 Å². The molecule has 1 saturated heterocycles. The van der Waals surface area contributed by atoms with Gasteiger partial charge in [-0.1, -0.05) is 38.0 Å². The lowest BCUT2D eigenvalue weighted by Gasteiger charge is -2.35. The number of halogens is 3. The summed E-state index contributed by atoms with van der Waals surface area (Å²) >= 11 is 0. The number of nitrogens with zero attached hydrogens (tertiary/aromatic N) is 3. The van der Waals surface area contributed by atoms with Crippen molar-refractivity contribution in [3.8, 4) is 17.2 Å². The highest BCUT2D eigenvalue weighted by Gasteiger charge is 2.26. The maximum atomic E-state index is 10.2. The summed E-state index contributed by atoms with van der Waals surface area (Å²) in [5, 5.41) is 29.5. The third-order valence-corrected chi connectivity index (χ3v) is 8.05. The lowest BCUT2D eigenvalue weighted by atomic mass is 9.86. The Morgan fingerprint density at radius 2 is 1.46 bits per heavy atom. The molecule has 2 aromatic carbocycles. The molecule has 0 radical (unpaired) electrons. The third-order valence-electron chi connectivity index (χ3n) is 8.05. The van der Waals surface area contributed by atoms with E-state index in [1.807, 2.05) is 18.2 Å². The Hall–Kier alpha value is -0.840. The number of piperazine rings is 1. The average Bonchev–Trinajstić information content (AvgIpc) is 2.89. The molecule has 2 aromatic rings. The number of rotatable bonds is 12. The summed E-state index contributed by atoms with van der Waals surface area (Å²) in [5.74, 6) is 0.435. The number of benzene rings is 2. The Balaban J connectivity index is 0.00000253. The van der Waals surface area contributed by atoms with Crippen molar-refractivity contribution in [2.24, 2.45) is 0 Å². The van der Waals surface area contributed by atoms with Crippen LogP contribution >= 0.6 is 50.9 Å². The predicted molar refractivity (Wildman–Crippen MR) is 177 cm³/mol. The lowest BCUT2D eigenvalue weighted by Crippen LogP contribution is -2.46. The fourth-order valence-corrected chi connectivity index (χ4v) is 5.91. The predicted octanol–water partition coefficient (Wildman–Crippen LogP) is 6.48. The molecule has 1 heterocycles.